The van der Waals surface area contributed by atoms with Crippen molar-refractivity contribution in [3.63, 3.8) is 0 Å². The third-order valence-electron chi connectivity index (χ3n) is 3.24. The largest absolute Gasteiger partial charge is 0.396 e. The second-order valence-electron chi connectivity index (χ2n) is 6.28. The van der Waals surface area contributed by atoms with Crippen LogP contribution in [0.5, 0.6) is 0 Å². The average Bonchev–Trinajstić information content (AvgIpc) is 2.83. The molecule has 2 unspecified atom stereocenters. The normalized spacial score (nSPS) is 14.9. The molecular formula is C14H25N3O3. The Kier molecular flexibility index (Phi) is 5.68. The molecule has 0 fully saturated rings. The first-order chi connectivity index (χ1) is 9.24. The van der Waals surface area contributed by atoms with E-state index < -0.39 is 0 Å². The minimum Gasteiger partial charge on any atom is -0.396 e. The number of aliphatic hydroxyl groups excluding tert-OH is 1. The zero-order valence-corrected chi connectivity index (χ0v) is 12.9. The molecule has 1 amide bonds. The quantitative estimate of drug-likeness (QED) is 0.824. The molecular weight excluding hydrogens is 258 g/mol. The average molecular weight is 283 g/mol. The van der Waals surface area contributed by atoms with E-state index in [1.807, 2.05) is 34.6 Å². The number of carbonyl (C=O) groups excluding carboxylic acids is 1. The summed E-state index contributed by atoms with van der Waals surface area (Å²) in [5.41, 5.74) is -0.158. The zero-order chi connectivity index (χ0) is 15.3. The highest BCUT2D eigenvalue weighted by molar-refractivity contribution is 5.76. The Labute approximate surface area is 120 Å². The summed E-state index contributed by atoms with van der Waals surface area (Å²) in [5, 5.41) is 15.8. The van der Waals surface area contributed by atoms with E-state index in [0.29, 0.717) is 24.6 Å². The highest BCUT2D eigenvalue weighted by Crippen LogP contribution is 2.18. The fourth-order valence-corrected chi connectivity index (χ4v) is 1.51. The van der Waals surface area contributed by atoms with Crippen LogP contribution in [0.2, 0.25) is 0 Å². The standard InChI is InChI=1S/C14H25N3O3/c1-9(8-18)10(2)15-11(19)6-7-12-16-13(17-20-12)14(3,4)5/h9-10,18H,6-8H2,1-5H3,(H,15,19). The van der Waals surface area contributed by atoms with Crippen LogP contribution >= 0.6 is 0 Å². The number of nitrogens with one attached hydrogen (secondary N) is 1. The van der Waals surface area contributed by atoms with Crippen LogP contribution in [-0.2, 0) is 16.6 Å². The lowest BCUT2D eigenvalue weighted by molar-refractivity contribution is -0.122. The number of aryl methyl sites for hydroxylation is 1. The van der Waals surface area contributed by atoms with Gasteiger partial charge in [-0.3, -0.25) is 4.79 Å². The van der Waals surface area contributed by atoms with Gasteiger partial charge in [-0.05, 0) is 12.8 Å². The molecule has 2 N–H and O–H groups in total. The number of amides is 1. The minimum absolute atomic E-state index is 0.0369. The van der Waals surface area contributed by atoms with Crippen LogP contribution in [0.3, 0.4) is 0 Å². The minimum atomic E-state index is -0.158. The summed E-state index contributed by atoms with van der Waals surface area (Å²) in [6.45, 7) is 9.84. The van der Waals surface area contributed by atoms with Gasteiger partial charge < -0.3 is 14.9 Å². The molecule has 0 aromatic carbocycles. The van der Waals surface area contributed by atoms with E-state index >= 15 is 0 Å². The van der Waals surface area contributed by atoms with Gasteiger partial charge in [0.15, 0.2) is 5.82 Å². The topological polar surface area (TPSA) is 88.2 Å². The number of hydrogen-bond donors (Lipinski definition) is 2. The number of carbonyl (C=O) groups is 1. The Morgan fingerprint density at radius 3 is 2.55 bits per heavy atom. The van der Waals surface area contributed by atoms with Gasteiger partial charge in [0.25, 0.3) is 0 Å². The van der Waals surface area contributed by atoms with Crippen LogP contribution in [0, 0.1) is 5.92 Å². The van der Waals surface area contributed by atoms with E-state index in [0.717, 1.165) is 0 Å². The van der Waals surface area contributed by atoms with Crippen LogP contribution in [0.15, 0.2) is 4.52 Å². The summed E-state index contributed by atoms with van der Waals surface area (Å²) in [7, 11) is 0. The molecule has 0 spiro atoms. The molecule has 1 heterocycles. The van der Waals surface area contributed by atoms with Crippen LogP contribution in [-0.4, -0.2) is 33.8 Å². The molecule has 0 aliphatic rings. The Morgan fingerprint density at radius 2 is 2.05 bits per heavy atom. The third-order valence-corrected chi connectivity index (χ3v) is 3.24. The van der Waals surface area contributed by atoms with Gasteiger partial charge in [0.1, 0.15) is 0 Å². The zero-order valence-electron chi connectivity index (χ0n) is 12.9. The van der Waals surface area contributed by atoms with Gasteiger partial charge in [0, 0.05) is 30.9 Å². The molecule has 114 valence electrons. The van der Waals surface area contributed by atoms with Crippen molar-refractivity contribution in [2.45, 2.75) is 58.9 Å². The molecule has 20 heavy (non-hydrogen) atoms. The second kappa shape index (κ2) is 6.83. The van der Waals surface area contributed by atoms with E-state index in [1.54, 1.807) is 0 Å². The Hall–Kier alpha value is -1.43. The number of aromatic nitrogens is 2. The Morgan fingerprint density at radius 1 is 1.40 bits per heavy atom. The second-order valence-corrected chi connectivity index (χ2v) is 6.28. The monoisotopic (exact) mass is 283 g/mol. The molecule has 0 aliphatic heterocycles. The van der Waals surface area contributed by atoms with Crippen molar-refractivity contribution in [2.75, 3.05) is 6.61 Å². The maximum Gasteiger partial charge on any atom is 0.227 e. The molecule has 0 saturated carbocycles. The summed E-state index contributed by atoms with van der Waals surface area (Å²) >= 11 is 0. The molecule has 6 heteroatoms. The van der Waals surface area contributed by atoms with E-state index in [2.05, 4.69) is 15.5 Å². The Bertz CT molecular complexity index is 437. The number of nitrogens with zero attached hydrogens (tertiary/aromatic N) is 2. The SMILES string of the molecule is CC(CO)C(C)NC(=O)CCc1nc(C(C)(C)C)no1. The Balaban J connectivity index is 2.43. The maximum absolute atomic E-state index is 11.8. The van der Waals surface area contributed by atoms with Crippen molar-refractivity contribution in [3.8, 4) is 0 Å². The number of aliphatic hydroxyl groups is 1. The smallest absolute Gasteiger partial charge is 0.227 e. The van der Waals surface area contributed by atoms with Crippen LogP contribution in [0.25, 0.3) is 0 Å². The van der Waals surface area contributed by atoms with Gasteiger partial charge in [-0.2, -0.15) is 4.98 Å². The summed E-state index contributed by atoms with van der Waals surface area (Å²) in [6, 6.07) is -0.0553. The molecule has 0 saturated heterocycles. The van der Waals surface area contributed by atoms with Gasteiger partial charge in [-0.1, -0.05) is 32.9 Å². The highest BCUT2D eigenvalue weighted by atomic mass is 16.5. The summed E-state index contributed by atoms with van der Waals surface area (Å²) < 4.78 is 5.13. The van der Waals surface area contributed by atoms with E-state index in [4.69, 9.17) is 9.63 Å². The lowest BCUT2D eigenvalue weighted by Gasteiger charge is -2.18. The lowest BCUT2D eigenvalue weighted by atomic mass is 9.96. The molecule has 0 radical (unpaired) electrons. The van der Waals surface area contributed by atoms with Gasteiger partial charge in [-0.15, -0.1) is 0 Å². The fourth-order valence-electron chi connectivity index (χ4n) is 1.51. The van der Waals surface area contributed by atoms with Crippen molar-refractivity contribution in [1.82, 2.24) is 15.5 Å². The van der Waals surface area contributed by atoms with E-state index in [-0.39, 0.29) is 29.9 Å². The van der Waals surface area contributed by atoms with Gasteiger partial charge in [-0.25, -0.2) is 0 Å². The molecule has 0 aliphatic carbocycles. The van der Waals surface area contributed by atoms with Crippen molar-refractivity contribution < 1.29 is 14.4 Å². The molecule has 1 aromatic heterocycles. The first-order valence-corrected chi connectivity index (χ1v) is 6.97. The summed E-state index contributed by atoms with van der Waals surface area (Å²) in [4.78, 5) is 16.1. The van der Waals surface area contributed by atoms with Crippen LogP contribution < -0.4 is 5.32 Å². The van der Waals surface area contributed by atoms with Crippen LogP contribution in [0.1, 0.15) is 52.8 Å². The van der Waals surface area contributed by atoms with Crippen molar-refractivity contribution in [3.05, 3.63) is 11.7 Å². The van der Waals surface area contributed by atoms with E-state index in [9.17, 15) is 4.79 Å². The third kappa shape index (κ3) is 4.92. The molecule has 0 bridgehead atoms. The number of rotatable bonds is 6. The van der Waals surface area contributed by atoms with Crippen LogP contribution in [0.4, 0.5) is 0 Å². The summed E-state index contributed by atoms with van der Waals surface area (Å²) in [5.74, 6) is 1.09. The first kappa shape index (κ1) is 16.6. The predicted octanol–water partition coefficient (Wildman–Crippen LogP) is 1.43. The van der Waals surface area contributed by atoms with Crippen molar-refractivity contribution in [1.29, 1.82) is 0 Å². The maximum atomic E-state index is 11.8. The number of hydrogen-bond acceptors (Lipinski definition) is 5. The van der Waals surface area contributed by atoms with Gasteiger partial charge in [0.2, 0.25) is 11.8 Å². The first-order valence-electron chi connectivity index (χ1n) is 6.97. The highest BCUT2D eigenvalue weighted by Gasteiger charge is 2.21. The molecule has 2 atom stereocenters. The van der Waals surface area contributed by atoms with E-state index in [1.165, 1.54) is 0 Å². The molecule has 1 aromatic rings. The predicted molar refractivity (Wildman–Crippen MR) is 75.2 cm³/mol. The van der Waals surface area contributed by atoms with Gasteiger partial charge >= 0.3 is 0 Å². The molecule has 1 rings (SSSR count). The fraction of sp³-hybridized carbons (Fsp3) is 0.786. The van der Waals surface area contributed by atoms with Gasteiger partial charge in [0.05, 0.1) is 0 Å². The van der Waals surface area contributed by atoms with Crippen molar-refractivity contribution >= 4 is 5.91 Å². The summed E-state index contributed by atoms with van der Waals surface area (Å²) in [6.07, 6.45) is 0.726. The molecule has 6 nitrogen and oxygen atoms in total. The van der Waals surface area contributed by atoms with Crippen molar-refractivity contribution in [2.24, 2.45) is 5.92 Å². The lowest BCUT2D eigenvalue weighted by Crippen LogP contribution is -2.38.